The van der Waals surface area contributed by atoms with E-state index < -0.39 is 0 Å². The lowest BCUT2D eigenvalue weighted by Gasteiger charge is -2.56. The average Bonchev–Trinajstić information content (AvgIpc) is 2.73. The van der Waals surface area contributed by atoms with Gasteiger partial charge in [0.05, 0.1) is 6.54 Å². The van der Waals surface area contributed by atoms with E-state index in [4.69, 9.17) is 0 Å². The zero-order valence-electron chi connectivity index (χ0n) is 18.7. The predicted molar refractivity (Wildman–Crippen MR) is 121 cm³/mol. The quantitative estimate of drug-likeness (QED) is 0.706. The Labute approximate surface area is 186 Å². The van der Waals surface area contributed by atoms with E-state index in [1.165, 1.54) is 44.1 Å². The van der Waals surface area contributed by atoms with Crippen molar-refractivity contribution in [3.8, 4) is 0 Å². The third kappa shape index (κ3) is 5.14. The zero-order chi connectivity index (χ0) is 21.3. The predicted octanol–water partition coefficient (Wildman–Crippen LogP) is 3.49. The van der Waals surface area contributed by atoms with E-state index in [2.05, 4.69) is 39.8 Å². The molecule has 4 saturated carbocycles. The molecule has 6 rings (SSSR count). The molecule has 5 nitrogen and oxygen atoms in total. The molecule has 5 aliphatic rings. The van der Waals surface area contributed by atoms with E-state index in [-0.39, 0.29) is 29.8 Å². The molecule has 0 radical (unpaired) electrons. The highest BCUT2D eigenvalue weighted by Crippen LogP contribution is 2.61. The summed E-state index contributed by atoms with van der Waals surface area (Å²) in [5.74, 6) is 2.61. The van der Waals surface area contributed by atoms with Crippen molar-refractivity contribution in [2.45, 2.75) is 70.4 Å². The topological polar surface area (TPSA) is 61.4 Å². The molecule has 4 aliphatic carbocycles. The van der Waals surface area contributed by atoms with Gasteiger partial charge in [0, 0.05) is 32.1 Å². The van der Waals surface area contributed by atoms with Gasteiger partial charge in [-0.15, -0.1) is 0 Å². The smallest absolute Gasteiger partial charge is 0.239 e. The molecule has 1 aliphatic heterocycles. The number of hydrogen-bond donors (Lipinski definition) is 2. The molecule has 4 bridgehead atoms. The number of rotatable bonds is 7. The molecular formula is C26H37N3O2. The second kappa shape index (κ2) is 8.93. The van der Waals surface area contributed by atoms with E-state index in [1.807, 2.05) is 6.07 Å². The van der Waals surface area contributed by atoms with Crippen LogP contribution in [0.4, 0.5) is 0 Å². The summed E-state index contributed by atoms with van der Waals surface area (Å²) in [6.07, 6.45) is 10.5. The van der Waals surface area contributed by atoms with Crippen LogP contribution in [-0.4, -0.2) is 42.4 Å². The van der Waals surface area contributed by atoms with Crippen molar-refractivity contribution in [1.82, 2.24) is 15.5 Å². The van der Waals surface area contributed by atoms with Crippen molar-refractivity contribution >= 4 is 11.8 Å². The molecule has 1 aromatic carbocycles. The van der Waals surface area contributed by atoms with Crippen LogP contribution in [0.3, 0.4) is 0 Å². The maximum Gasteiger partial charge on any atom is 0.239 e. The largest absolute Gasteiger partial charge is 0.352 e. The molecule has 5 heteroatoms. The second-order valence-electron chi connectivity index (χ2n) is 11.0. The number of piperidine rings is 1. The summed E-state index contributed by atoms with van der Waals surface area (Å²) in [6, 6.07) is 10.8. The molecule has 1 aromatic rings. The van der Waals surface area contributed by atoms with Crippen LogP contribution in [0.25, 0.3) is 0 Å². The van der Waals surface area contributed by atoms with Gasteiger partial charge >= 0.3 is 0 Å². The molecular weight excluding hydrogens is 386 g/mol. The van der Waals surface area contributed by atoms with Crippen LogP contribution in [0.15, 0.2) is 30.3 Å². The molecule has 168 valence electrons. The van der Waals surface area contributed by atoms with Crippen molar-refractivity contribution in [2.75, 3.05) is 19.6 Å². The van der Waals surface area contributed by atoms with Crippen LogP contribution in [0.2, 0.25) is 0 Å². The number of nitrogens with zero attached hydrogens (tertiary/aromatic N) is 1. The van der Waals surface area contributed by atoms with Crippen LogP contribution < -0.4 is 10.6 Å². The van der Waals surface area contributed by atoms with Gasteiger partial charge in [0.1, 0.15) is 0 Å². The van der Waals surface area contributed by atoms with Gasteiger partial charge in [0.25, 0.3) is 0 Å². The Hall–Kier alpha value is -1.88. The maximum atomic E-state index is 12.6. The lowest BCUT2D eigenvalue weighted by atomic mass is 9.49. The molecule has 1 heterocycles. The van der Waals surface area contributed by atoms with E-state index in [0.29, 0.717) is 6.42 Å². The third-order valence-corrected chi connectivity index (χ3v) is 8.35. The van der Waals surface area contributed by atoms with Crippen molar-refractivity contribution in [2.24, 2.45) is 23.2 Å². The summed E-state index contributed by atoms with van der Waals surface area (Å²) in [7, 11) is 0. The van der Waals surface area contributed by atoms with Gasteiger partial charge in [-0.3, -0.25) is 14.5 Å². The lowest BCUT2D eigenvalue weighted by Crippen LogP contribution is -2.49. The Morgan fingerprint density at radius 1 is 0.903 bits per heavy atom. The first-order valence-electron chi connectivity index (χ1n) is 12.4. The number of amides is 2. The van der Waals surface area contributed by atoms with Gasteiger partial charge < -0.3 is 10.6 Å². The summed E-state index contributed by atoms with van der Waals surface area (Å²) in [4.78, 5) is 27.5. The first-order chi connectivity index (χ1) is 15.1. The highest BCUT2D eigenvalue weighted by molar-refractivity contribution is 5.85. The zero-order valence-corrected chi connectivity index (χ0v) is 18.7. The third-order valence-electron chi connectivity index (χ3n) is 8.35. The highest BCUT2D eigenvalue weighted by atomic mass is 16.2. The van der Waals surface area contributed by atoms with Crippen molar-refractivity contribution in [3.63, 3.8) is 0 Å². The van der Waals surface area contributed by atoms with Crippen LogP contribution in [0, 0.1) is 23.2 Å². The molecule has 0 atom stereocenters. The average molecular weight is 424 g/mol. The summed E-state index contributed by atoms with van der Waals surface area (Å²) in [6.45, 7) is 3.09. The first kappa shape index (κ1) is 21.0. The number of nitrogens with one attached hydrogen (secondary N) is 2. The molecule has 0 aromatic heterocycles. The van der Waals surface area contributed by atoms with Crippen molar-refractivity contribution in [3.05, 3.63) is 35.9 Å². The summed E-state index contributed by atoms with van der Waals surface area (Å²) >= 11 is 0. The molecule has 31 heavy (non-hydrogen) atoms. The number of carbonyl (C=O) groups excluding carboxylic acids is 2. The fourth-order valence-corrected chi connectivity index (χ4v) is 7.44. The van der Waals surface area contributed by atoms with Gasteiger partial charge in [-0.25, -0.2) is 0 Å². The molecule has 0 spiro atoms. The molecule has 1 saturated heterocycles. The van der Waals surface area contributed by atoms with Gasteiger partial charge in [-0.2, -0.15) is 0 Å². The summed E-state index contributed by atoms with van der Waals surface area (Å²) in [5, 5.41) is 6.06. The van der Waals surface area contributed by atoms with Gasteiger partial charge in [-0.1, -0.05) is 30.3 Å². The van der Waals surface area contributed by atoms with Gasteiger partial charge in [0.15, 0.2) is 0 Å². The Kier molecular flexibility index (Phi) is 6.05. The number of hydrogen-bond acceptors (Lipinski definition) is 3. The molecule has 5 fully saturated rings. The van der Waals surface area contributed by atoms with Gasteiger partial charge in [-0.05, 0) is 80.1 Å². The van der Waals surface area contributed by atoms with Crippen molar-refractivity contribution < 1.29 is 9.59 Å². The molecule has 2 N–H and O–H groups in total. The Bertz CT molecular complexity index is 750. The Morgan fingerprint density at radius 2 is 1.52 bits per heavy atom. The maximum absolute atomic E-state index is 12.6. The van der Waals surface area contributed by atoms with Crippen LogP contribution >= 0.6 is 0 Å². The monoisotopic (exact) mass is 423 g/mol. The Morgan fingerprint density at radius 3 is 2.13 bits per heavy atom. The van der Waals surface area contributed by atoms with Crippen molar-refractivity contribution in [1.29, 1.82) is 0 Å². The Balaban J connectivity index is 1.01. The number of benzene rings is 1. The van der Waals surface area contributed by atoms with E-state index >= 15 is 0 Å². The van der Waals surface area contributed by atoms with E-state index in [9.17, 15) is 9.59 Å². The molecule has 2 amide bonds. The minimum absolute atomic E-state index is 0.0413. The van der Waals surface area contributed by atoms with E-state index in [0.717, 1.165) is 50.2 Å². The summed E-state index contributed by atoms with van der Waals surface area (Å²) < 4.78 is 0. The van der Waals surface area contributed by atoms with Gasteiger partial charge in [0.2, 0.25) is 11.8 Å². The lowest BCUT2D eigenvalue weighted by molar-refractivity contribution is -0.132. The minimum atomic E-state index is -0.0413. The minimum Gasteiger partial charge on any atom is -0.352 e. The normalized spacial score (nSPS) is 32.7. The highest BCUT2D eigenvalue weighted by Gasteiger charge is 2.51. The second-order valence-corrected chi connectivity index (χ2v) is 11.0. The standard InChI is InChI=1S/C26H37N3O2/c30-24(16-26-13-20-10-21(14-26)12-22(11-20)15-26)27-17-25(31)28-23-6-8-29(9-7-23)18-19-4-2-1-3-5-19/h1-5,20-23H,6-18H2,(H,27,30)(H,28,31). The number of likely N-dealkylation sites (tertiary alicyclic amines) is 1. The van der Waals surface area contributed by atoms with Crippen LogP contribution in [-0.2, 0) is 16.1 Å². The fourth-order valence-electron chi connectivity index (χ4n) is 7.44. The number of carbonyl (C=O) groups is 2. The van der Waals surface area contributed by atoms with E-state index in [1.54, 1.807) is 0 Å². The molecule has 0 unspecified atom stereocenters. The fraction of sp³-hybridized carbons (Fsp3) is 0.692. The first-order valence-corrected chi connectivity index (χ1v) is 12.4. The van der Waals surface area contributed by atoms with Crippen LogP contribution in [0.5, 0.6) is 0 Å². The SMILES string of the molecule is O=C(CC12CC3CC(CC(C3)C1)C2)NCC(=O)NC1CCN(Cc2ccccc2)CC1. The van der Waals surface area contributed by atoms with Crippen LogP contribution in [0.1, 0.15) is 63.4 Å². The summed E-state index contributed by atoms with van der Waals surface area (Å²) in [5.41, 5.74) is 1.58.